The topological polar surface area (TPSA) is 54.7 Å². The minimum Gasteiger partial charge on any atom is -0.496 e. The fraction of sp³-hybridized carbons (Fsp3) is 0.450. The number of carbonyl (C=O) groups is 1. The highest BCUT2D eigenvalue weighted by Gasteiger charge is 2.24. The molecule has 0 spiro atoms. The molecule has 0 saturated heterocycles. The number of ether oxygens (including phenoxy) is 1. The summed E-state index contributed by atoms with van der Waals surface area (Å²) in [7, 11) is 1.63. The Bertz CT molecular complexity index is 704. The average Bonchev–Trinajstić information content (AvgIpc) is 3.32. The molecule has 1 aliphatic carbocycles. The van der Waals surface area contributed by atoms with Gasteiger partial charge in [0.2, 0.25) is 0 Å². The third-order valence-electron chi connectivity index (χ3n) is 4.93. The number of aromatic nitrogens is 1. The highest BCUT2D eigenvalue weighted by atomic mass is 16.5. The van der Waals surface area contributed by atoms with Crippen LogP contribution in [0.5, 0.6) is 5.75 Å². The predicted molar refractivity (Wildman–Crippen MR) is 96.8 cm³/mol. The quantitative estimate of drug-likeness (QED) is 0.840. The molecule has 3 rings (SSSR count). The minimum atomic E-state index is -0.0645. The number of para-hydroxylation sites is 1. The second-order valence-corrected chi connectivity index (χ2v) is 6.50. The van der Waals surface area contributed by atoms with E-state index in [1.165, 1.54) is 12.8 Å². The molecule has 25 heavy (non-hydrogen) atoms. The molecular formula is C20H26N2O3. The van der Waals surface area contributed by atoms with Crippen LogP contribution in [0.15, 0.2) is 42.6 Å². The second-order valence-electron chi connectivity index (χ2n) is 6.50. The highest BCUT2D eigenvalue weighted by molar-refractivity contribution is 5.92. The summed E-state index contributed by atoms with van der Waals surface area (Å²) in [6.07, 6.45) is 6.70. The molecule has 134 valence electrons. The molecule has 1 aromatic carbocycles. The Morgan fingerprint density at radius 1 is 1.24 bits per heavy atom. The Balaban J connectivity index is 1.83. The summed E-state index contributed by atoms with van der Waals surface area (Å²) in [5.41, 5.74) is 1.64. The molecule has 1 aliphatic rings. The van der Waals surface area contributed by atoms with E-state index in [9.17, 15) is 9.90 Å². The third kappa shape index (κ3) is 3.87. The fourth-order valence-electron chi connectivity index (χ4n) is 3.65. The van der Waals surface area contributed by atoms with E-state index in [-0.39, 0.29) is 12.5 Å². The SMILES string of the molecule is COc1ccccc1CN(CCO)C(=O)c1cccn1C1CCCC1. The normalized spacial score (nSPS) is 14.6. The molecule has 1 aromatic heterocycles. The molecule has 1 saturated carbocycles. The molecule has 0 radical (unpaired) electrons. The van der Waals surface area contributed by atoms with Gasteiger partial charge in [-0.05, 0) is 31.0 Å². The molecule has 0 unspecified atom stereocenters. The molecular weight excluding hydrogens is 316 g/mol. The first kappa shape index (κ1) is 17.5. The monoisotopic (exact) mass is 342 g/mol. The number of hydrogen-bond acceptors (Lipinski definition) is 3. The van der Waals surface area contributed by atoms with E-state index in [0.717, 1.165) is 24.2 Å². The number of aliphatic hydroxyl groups is 1. The number of nitrogens with zero attached hydrogens (tertiary/aromatic N) is 2. The molecule has 1 fully saturated rings. The van der Waals surface area contributed by atoms with Crippen molar-refractivity contribution in [2.45, 2.75) is 38.3 Å². The summed E-state index contributed by atoms with van der Waals surface area (Å²) >= 11 is 0. The lowest BCUT2D eigenvalue weighted by molar-refractivity contribution is 0.0693. The number of amides is 1. The van der Waals surface area contributed by atoms with Crippen molar-refractivity contribution in [3.8, 4) is 5.75 Å². The maximum Gasteiger partial charge on any atom is 0.270 e. The van der Waals surface area contributed by atoms with E-state index >= 15 is 0 Å². The standard InChI is InChI=1S/C20H26N2O3/c1-25-19-11-5-2-7-16(19)15-21(13-14-23)20(24)18-10-6-12-22(18)17-8-3-4-9-17/h2,5-7,10-12,17,23H,3-4,8-9,13-15H2,1H3. The van der Waals surface area contributed by atoms with Crippen LogP contribution in [0.4, 0.5) is 0 Å². The summed E-state index contributed by atoms with van der Waals surface area (Å²) in [6.45, 7) is 0.650. The molecule has 0 bridgehead atoms. The summed E-state index contributed by atoms with van der Waals surface area (Å²) < 4.78 is 7.51. The van der Waals surface area contributed by atoms with Crippen molar-refractivity contribution < 1.29 is 14.6 Å². The lowest BCUT2D eigenvalue weighted by Gasteiger charge is -2.25. The largest absolute Gasteiger partial charge is 0.496 e. The van der Waals surface area contributed by atoms with E-state index < -0.39 is 0 Å². The number of benzene rings is 1. The zero-order valence-electron chi connectivity index (χ0n) is 14.7. The lowest BCUT2D eigenvalue weighted by Crippen LogP contribution is -2.34. The Morgan fingerprint density at radius 3 is 2.72 bits per heavy atom. The van der Waals surface area contributed by atoms with Crippen LogP contribution in [-0.2, 0) is 6.54 Å². The first-order valence-electron chi connectivity index (χ1n) is 8.93. The molecule has 2 aromatic rings. The van der Waals surface area contributed by atoms with Crippen LogP contribution in [0.1, 0.15) is 47.8 Å². The van der Waals surface area contributed by atoms with Gasteiger partial charge in [0.25, 0.3) is 5.91 Å². The predicted octanol–water partition coefficient (Wildman–Crippen LogP) is 3.25. The van der Waals surface area contributed by atoms with Crippen molar-refractivity contribution in [3.63, 3.8) is 0 Å². The Kier molecular flexibility index (Phi) is 5.76. The summed E-state index contributed by atoms with van der Waals surface area (Å²) in [5, 5.41) is 9.44. The average molecular weight is 342 g/mol. The number of aliphatic hydroxyl groups excluding tert-OH is 1. The number of rotatable bonds is 7. The van der Waals surface area contributed by atoms with Gasteiger partial charge in [-0.2, -0.15) is 0 Å². The molecule has 0 atom stereocenters. The van der Waals surface area contributed by atoms with Crippen molar-refractivity contribution in [3.05, 3.63) is 53.9 Å². The fourth-order valence-corrected chi connectivity index (χ4v) is 3.65. The zero-order valence-corrected chi connectivity index (χ0v) is 14.7. The summed E-state index contributed by atoms with van der Waals surface area (Å²) in [4.78, 5) is 14.8. The molecule has 1 heterocycles. The lowest BCUT2D eigenvalue weighted by atomic mass is 10.1. The molecule has 1 N–H and O–H groups in total. The van der Waals surface area contributed by atoms with Gasteiger partial charge in [-0.3, -0.25) is 4.79 Å². The van der Waals surface area contributed by atoms with Gasteiger partial charge in [0.1, 0.15) is 11.4 Å². The van der Waals surface area contributed by atoms with Gasteiger partial charge >= 0.3 is 0 Å². The van der Waals surface area contributed by atoms with Crippen molar-refractivity contribution in [2.24, 2.45) is 0 Å². The van der Waals surface area contributed by atoms with E-state index in [1.807, 2.05) is 42.6 Å². The van der Waals surface area contributed by atoms with Gasteiger partial charge in [-0.25, -0.2) is 0 Å². The van der Waals surface area contributed by atoms with Crippen LogP contribution in [0.25, 0.3) is 0 Å². The molecule has 1 amide bonds. The van der Waals surface area contributed by atoms with Crippen LogP contribution >= 0.6 is 0 Å². The van der Waals surface area contributed by atoms with Crippen LogP contribution in [0, 0.1) is 0 Å². The number of methoxy groups -OCH3 is 1. The first-order valence-corrected chi connectivity index (χ1v) is 8.93. The van der Waals surface area contributed by atoms with E-state index in [2.05, 4.69) is 4.57 Å². The van der Waals surface area contributed by atoms with Gasteiger partial charge in [0.15, 0.2) is 0 Å². The van der Waals surface area contributed by atoms with E-state index in [0.29, 0.717) is 24.8 Å². The summed E-state index contributed by atoms with van der Waals surface area (Å²) in [6, 6.07) is 11.9. The molecule has 0 aliphatic heterocycles. The van der Waals surface area contributed by atoms with Gasteiger partial charge in [0, 0.05) is 30.9 Å². The molecule has 5 heteroatoms. The Morgan fingerprint density at radius 2 is 2.00 bits per heavy atom. The van der Waals surface area contributed by atoms with Crippen LogP contribution in [0.3, 0.4) is 0 Å². The van der Waals surface area contributed by atoms with E-state index in [1.54, 1.807) is 12.0 Å². The van der Waals surface area contributed by atoms with Crippen molar-refractivity contribution in [1.29, 1.82) is 0 Å². The second kappa shape index (κ2) is 8.21. The first-order chi connectivity index (χ1) is 12.2. The maximum absolute atomic E-state index is 13.1. The van der Waals surface area contributed by atoms with E-state index in [4.69, 9.17) is 4.74 Å². The van der Waals surface area contributed by atoms with Gasteiger partial charge in [-0.1, -0.05) is 31.0 Å². The third-order valence-corrected chi connectivity index (χ3v) is 4.93. The minimum absolute atomic E-state index is 0.0446. The number of hydrogen-bond donors (Lipinski definition) is 1. The van der Waals surface area contributed by atoms with Crippen molar-refractivity contribution in [2.75, 3.05) is 20.3 Å². The van der Waals surface area contributed by atoms with Crippen LogP contribution in [0.2, 0.25) is 0 Å². The smallest absolute Gasteiger partial charge is 0.270 e. The van der Waals surface area contributed by atoms with Gasteiger partial charge in [-0.15, -0.1) is 0 Å². The maximum atomic E-state index is 13.1. The Labute approximate surface area is 148 Å². The number of carbonyl (C=O) groups excluding carboxylic acids is 1. The van der Waals surface area contributed by atoms with Crippen LogP contribution in [-0.4, -0.2) is 40.7 Å². The van der Waals surface area contributed by atoms with Crippen molar-refractivity contribution in [1.82, 2.24) is 9.47 Å². The van der Waals surface area contributed by atoms with Crippen LogP contribution < -0.4 is 4.74 Å². The zero-order chi connectivity index (χ0) is 17.6. The van der Waals surface area contributed by atoms with Gasteiger partial charge < -0.3 is 19.3 Å². The van der Waals surface area contributed by atoms with Crippen molar-refractivity contribution >= 4 is 5.91 Å². The highest BCUT2D eigenvalue weighted by Crippen LogP contribution is 2.31. The Hall–Kier alpha value is -2.27. The molecule has 5 nitrogen and oxygen atoms in total. The summed E-state index contributed by atoms with van der Waals surface area (Å²) in [5.74, 6) is 0.710. The van der Waals surface area contributed by atoms with Gasteiger partial charge in [0.05, 0.1) is 13.7 Å².